The van der Waals surface area contributed by atoms with Gasteiger partial charge in [-0.05, 0) is 19.1 Å². The van der Waals surface area contributed by atoms with Crippen LogP contribution in [-0.2, 0) is 6.18 Å². The van der Waals surface area contributed by atoms with E-state index in [1.54, 1.807) is 24.2 Å². The number of aromatic nitrogens is 2. The third kappa shape index (κ3) is 2.97. The second kappa shape index (κ2) is 6.51. The van der Waals surface area contributed by atoms with Crippen LogP contribution in [0.2, 0.25) is 0 Å². The predicted octanol–water partition coefficient (Wildman–Crippen LogP) is 2.54. The van der Waals surface area contributed by atoms with Crippen molar-refractivity contribution >= 4 is 11.7 Å². The zero-order valence-electron chi connectivity index (χ0n) is 14.6. The van der Waals surface area contributed by atoms with Gasteiger partial charge in [-0.3, -0.25) is 9.89 Å². The van der Waals surface area contributed by atoms with E-state index in [-0.39, 0.29) is 12.6 Å². The minimum atomic E-state index is -4.87. The molecule has 3 N–H and O–H groups in total. The zero-order valence-corrected chi connectivity index (χ0v) is 14.6. The van der Waals surface area contributed by atoms with Crippen LogP contribution in [0.15, 0.2) is 41.9 Å². The molecule has 2 aliphatic rings. The number of aromatic amines is 1. The highest BCUT2D eigenvalue weighted by atomic mass is 19.4. The molecule has 3 heterocycles. The van der Waals surface area contributed by atoms with Crippen molar-refractivity contribution in [3.8, 4) is 0 Å². The van der Waals surface area contributed by atoms with E-state index in [0.29, 0.717) is 24.0 Å². The maximum atomic E-state index is 14.4. The van der Waals surface area contributed by atoms with Gasteiger partial charge < -0.3 is 10.3 Å². The summed E-state index contributed by atoms with van der Waals surface area (Å²) in [6.07, 6.45) is -2.86. The van der Waals surface area contributed by atoms with E-state index in [0.717, 1.165) is 17.8 Å². The maximum Gasteiger partial charge on any atom is 0.419 e. The number of carbonyl (C=O) groups is 1. The lowest BCUT2D eigenvalue weighted by atomic mass is 10.0. The SMILES string of the molecule is C[C@@H]1CC2=C(CN1C(=O)c1cccc(C(F)(F)F)c1F)NNN2c1ccn[nH]1. The lowest BCUT2D eigenvalue weighted by molar-refractivity contribution is -0.140. The van der Waals surface area contributed by atoms with Gasteiger partial charge >= 0.3 is 6.18 Å². The number of carbonyl (C=O) groups excluding carboxylic acids is 1. The number of hydrogen-bond donors (Lipinski definition) is 3. The molecule has 1 aromatic heterocycles. The van der Waals surface area contributed by atoms with Crippen molar-refractivity contribution in [2.75, 3.05) is 11.6 Å². The van der Waals surface area contributed by atoms with E-state index in [1.165, 1.54) is 4.90 Å². The molecule has 28 heavy (non-hydrogen) atoms. The first-order valence-corrected chi connectivity index (χ1v) is 8.47. The highest BCUT2D eigenvalue weighted by molar-refractivity contribution is 5.95. The van der Waals surface area contributed by atoms with Crippen LogP contribution >= 0.6 is 0 Å². The van der Waals surface area contributed by atoms with Crippen LogP contribution in [0.1, 0.15) is 29.3 Å². The molecule has 4 rings (SSSR count). The van der Waals surface area contributed by atoms with Crippen molar-refractivity contribution in [1.29, 1.82) is 0 Å². The largest absolute Gasteiger partial charge is 0.419 e. The molecule has 148 valence electrons. The second-order valence-electron chi connectivity index (χ2n) is 6.59. The second-order valence-corrected chi connectivity index (χ2v) is 6.59. The van der Waals surface area contributed by atoms with Crippen LogP contribution in [0.4, 0.5) is 23.4 Å². The molecule has 0 fully saturated rings. The highest BCUT2D eigenvalue weighted by Crippen LogP contribution is 2.34. The van der Waals surface area contributed by atoms with Gasteiger partial charge in [0.25, 0.3) is 5.91 Å². The fourth-order valence-electron chi connectivity index (χ4n) is 3.38. The Labute approximate surface area is 156 Å². The molecule has 2 aliphatic heterocycles. The van der Waals surface area contributed by atoms with Gasteiger partial charge in [0, 0.05) is 18.5 Å². The summed E-state index contributed by atoms with van der Waals surface area (Å²) < 4.78 is 53.3. The summed E-state index contributed by atoms with van der Waals surface area (Å²) in [6.45, 7) is 1.86. The number of hydrogen-bond acceptors (Lipinski definition) is 5. The van der Waals surface area contributed by atoms with Crippen LogP contribution in [0.5, 0.6) is 0 Å². The summed E-state index contributed by atoms with van der Waals surface area (Å²) in [4.78, 5) is 14.2. The lowest BCUT2D eigenvalue weighted by Gasteiger charge is -2.35. The third-order valence-corrected chi connectivity index (χ3v) is 4.81. The quantitative estimate of drug-likeness (QED) is 0.681. The van der Waals surface area contributed by atoms with Gasteiger partial charge in [0.15, 0.2) is 0 Å². The third-order valence-electron chi connectivity index (χ3n) is 4.81. The maximum absolute atomic E-state index is 14.4. The van der Waals surface area contributed by atoms with Gasteiger partial charge in [-0.25, -0.2) is 9.40 Å². The van der Waals surface area contributed by atoms with Crippen molar-refractivity contribution in [2.45, 2.75) is 25.6 Å². The van der Waals surface area contributed by atoms with E-state index in [2.05, 4.69) is 21.2 Å². The number of alkyl halides is 3. The molecule has 0 saturated heterocycles. The summed E-state index contributed by atoms with van der Waals surface area (Å²) >= 11 is 0. The monoisotopic (exact) mass is 396 g/mol. The van der Waals surface area contributed by atoms with Crippen molar-refractivity contribution < 1.29 is 22.4 Å². The molecule has 0 unspecified atom stereocenters. The number of nitrogens with zero attached hydrogens (tertiary/aromatic N) is 3. The van der Waals surface area contributed by atoms with Gasteiger partial charge in [-0.15, -0.1) is 5.53 Å². The highest BCUT2D eigenvalue weighted by Gasteiger charge is 2.39. The van der Waals surface area contributed by atoms with Crippen LogP contribution in [-0.4, -0.2) is 33.6 Å². The molecule has 0 bridgehead atoms. The van der Waals surface area contributed by atoms with Crippen molar-refractivity contribution in [1.82, 2.24) is 26.1 Å². The molecule has 0 saturated carbocycles. The average molecular weight is 396 g/mol. The molecule has 0 spiro atoms. The fourth-order valence-corrected chi connectivity index (χ4v) is 3.38. The van der Waals surface area contributed by atoms with Gasteiger partial charge in [0.2, 0.25) is 0 Å². The Hall–Kier alpha value is -3.08. The molecule has 1 atom stereocenters. The Morgan fingerprint density at radius 1 is 1.29 bits per heavy atom. The summed E-state index contributed by atoms with van der Waals surface area (Å²) in [5.74, 6) is -1.65. The molecular formula is C17H16F4N6O. The standard InChI is InChI=1S/C17H16F4N6O/c1-9-7-13-12(23-25-27(13)14-5-6-22-24-14)8-26(9)16(28)10-3-2-4-11(15(10)18)17(19,20)21/h2-6,9,23,25H,7-8H2,1H3,(H,22,24)/t9-/m1/s1. The summed E-state index contributed by atoms with van der Waals surface area (Å²) in [6, 6.07) is 4.13. The van der Waals surface area contributed by atoms with E-state index in [4.69, 9.17) is 0 Å². The Bertz CT molecular complexity index is 940. The molecule has 0 aliphatic carbocycles. The van der Waals surface area contributed by atoms with Gasteiger partial charge in [0.1, 0.15) is 11.6 Å². The number of nitrogens with one attached hydrogen (secondary N) is 3. The first-order valence-electron chi connectivity index (χ1n) is 8.47. The number of H-pyrrole nitrogens is 1. The lowest BCUT2D eigenvalue weighted by Crippen LogP contribution is -2.45. The number of amides is 1. The van der Waals surface area contributed by atoms with Crippen LogP contribution < -0.4 is 16.0 Å². The van der Waals surface area contributed by atoms with E-state index in [9.17, 15) is 22.4 Å². The average Bonchev–Trinajstić information content (AvgIpc) is 3.28. The van der Waals surface area contributed by atoms with E-state index < -0.39 is 29.0 Å². The zero-order chi connectivity index (χ0) is 20.1. The molecule has 2 aromatic rings. The fraction of sp³-hybridized carbons (Fsp3) is 0.294. The minimum absolute atomic E-state index is 0.0999. The molecule has 11 heteroatoms. The Balaban J connectivity index is 1.62. The number of hydrazine groups is 2. The topological polar surface area (TPSA) is 76.3 Å². The van der Waals surface area contributed by atoms with Gasteiger partial charge in [-0.1, -0.05) is 6.07 Å². The first kappa shape index (κ1) is 18.3. The Kier molecular flexibility index (Phi) is 4.26. The molecular weight excluding hydrogens is 380 g/mol. The van der Waals surface area contributed by atoms with Crippen LogP contribution in [0.3, 0.4) is 0 Å². The van der Waals surface area contributed by atoms with Crippen molar-refractivity contribution in [3.05, 3.63) is 58.8 Å². The number of benzene rings is 1. The molecule has 1 amide bonds. The summed E-state index contributed by atoms with van der Waals surface area (Å²) in [5, 5.41) is 8.45. The van der Waals surface area contributed by atoms with Crippen molar-refractivity contribution in [3.63, 3.8) is 0 Å². The normalized spacial score (nSPS) is 19.7. The number of halogens is 4. The molecule has 7 nitrogen and oxygen atoms in total. The van der Waals surface area contributed by atoms with E-state index >= 15 is 0 Å². The van der Waals surface area contributed by atoms with Gasteiger partial charge in [0.05, 0.1) is 35.3 Å². The predicted molar refractivity (Wildman–Crippen MR) is 90.9 cm³/mol. The van der Waals surface area contributed by atoms with E-state index in [1.807, 2.05) is 0 Å². The molecule has 1 aromatic carbocycles. The van der Waals surface area contributed by atoms with Gasteiger partial charge in [-0.2, -0.15) is 18.3 Å². The smallest absolute Gasteiger partial charge is 0.330 e. The Morgan fingerprint density at radius 3 is 2.75 bits per heavy atom. The van der Waals surface area contributed by atoms with Crippen molar-refractivity contribution in [2.24, 2.45) is 0 Å². The molecule has 0 radical (unpaired) electrons. The number of anilines is 1. The summed E-state index contributed by atoms with van der Waals surface area (Å²) in [5.41, 5.74) is 5.38. The number of rotatable bonds is 2. The summed E-state index contributed by atoms with van der Waals surface area (Å²) in [7, 11) is 0. The van der Waals surface area contributed by atoms with Crippen LogP contribution in [0, 0.1) is 5.82 Å². The van der Waals surface area contributed by atoms with Crippen LogP contribution in [0.25, 0.3) is 0 Å². The first-order chi connectivity index (χ1) is 13.3. The minimum Gasteiger partial charge on any atom is -0.330 e. The Morgan fingerprint density at radius 2 is 2.07 bits per heavy atom.